The van der Waals surface area contributed by atoms with Crippen LogP contribution in [-0.4, -0.2) is 9.97 Å². The number of hydrogen-bond donors (Lipinski definition) is 1. The van der Waals surface area contributed by atoms with Gasteiger partial charge in [0.05, 0.1) is 12.4 Å². The molecule has 2 aromatic rings. The molecule has 0 radical (unpaired) electrons. The normalized spacial score (nSPS) is 12.1. The fourth-order valence-electron chi connectivity index (χ4n) is 1.63. The Hall–Kier alpha value is -2.10. The molecule has 0 aliphatic carbocycles. The molecule has 2 rings (SSSR count). The second-order valence-electron chi connectivity index (χ2n) is 4.23. The molecule has 4 heteroatoms. The van der Waals surface area contributed by atoms with Gasteiger partial charge in [0.2, 0.25) is 5.88 Å². The van der Waals surface area contributed by atoms with E-state index in [9.17, 15) is 4.79 Å². The predicted molar refractivity (Wildman–Crippen MR) is 70.1 cm³/mol. The first kappa shape index (κ1) is 12.4. The molecule has 1 atom stereocenters. The van der Waals surface area contributed by atoms with Gasteiger partial charge in [-0.15, -0.1) is 0 Å². The molecule has 0 aliphatic rings. The van der Waals surface area contributed by atoms with Gasteiger partial charge in [0, 0.05) is 0 Å². The number of rotatable bonds is 4. The summed E-state index contributed by atoms with van der Waals surface area (Å²) in [5.41, 5.74) is 1.06. The van der Waals surface area contributed by atoms with Crippen molar-refractivity contribution in [2.75, 3.05) is 0 Å². The zero-order valence-corrected chi connectivity index (χ0v) is 10.5. The van der Waals surface area contributed by atoms with Crippen molar-refractivity contribution < 1.29 is 4.74 Å². The van der Waals surface area contributed by atoms with Crippen LogP contribution < -0.4 is 10.3 Å². The van der Waals surface area contributed by atoms with Crippen LogP contribution in [0.4, 0.5) is 0 Å². The van der Waals surface area contributed by atoms with Crippen molar-refractivity contribution in [2.45, 2.75) is 26.2 Å². The third-order valence-electron chi connectivity index (χ3n) is 2.94. The minimum atomic E-state index is -0.226. The van der Waals surface area contributed by atoms with Crippen LogP contribution in [0.3, 0.4) is 0 Å². The molecule has 0 spiro atoms. The van der Waals surface area contributed by atoms with Crippen LogP contribution in [0.25, 0.3) is 0 Å². The first-order chi connectivity index (χ1) is 8.69. The zero-order valence-electron chi connectivity index (χ0n) is 10.5. The van der Waals surface area contributed by atoms with Crippen LogP contribution in [0.2, 0.25) is 0 Å². The molecule has 0 fully saturated rings. The average Bonchev–Trinajstić information content (AvgIpc) is 2.39. The number of hydrogen-bond acceptors (Lipinski definition) is 3. The highest BCUT2D eigenvalue weighted by atomic mass is 16.5. The number of ether oxygens (including phenoxy) is 1. The van der Waals surface area contributed by atoms with E-state index in [0.29, 0.717) is 17.5 Å². The lowest BCUT2D eigenvalue weighted by Gasteiger charge is -2.09. The highest BCUT2D eigenvalue weighted by Crippen LogP contribution is 2.23. The summed E-state index contributed by atoms with van der Waals surface area (Å²) in [6.07, 6.45) is 2.43. The smallest absolute Gasteiger partial charge is 0.254 e. The van der Waals surface area contributed by atoms with Gasteiger partial charge in [-0.2, -0.15) is 0 Å². The van der Waals surface area contributed by atoms with E-state index in [1.54, 1.807) is 0 Å². The van der Waals surface area contributed by atoms with Crippen LogP contribution in [0, 0.1) is 0 Å². The molecule has 18 heavy (non-hydrogen) atoms. The number of nitrogens with one attached hydrogen (secondary N) is 1. The van der Waals surface area contributed by atoms with E-state index in [0.717, 1.165) is 6.42 Å². The molecule has 1 N–H and O–H groups in total. The molecule has 0 saturated carbocycles. The first-order valence-electron chi connectivity index (χ1n) is 6.01. The van der Waals surface area contributed by atoms with Crippen LogP contribution in [0.15, 0.2) is 41.5 Å². The monoisotopic (exact) mass is 244 g/mol. The number of aromatic nitrogens is 2. The van der Waals surface area contributed by atoms with Gasteiger partial charge in [-0.1, -0.05) is 26.0 Å². The van der Waals surface area contributed by atoms with Crippen molar-refractivity contribution >= 4 is 0 Å². The van der Waals surface area contributed by atoms with E-state index in [-0.39, 0.29) is 5.56 Å². The second kappa shape index (κ2) is 5.49. The lowest BCUT2D eigenvalue weighted by molar-refractivity contribution is 0.460. The predicted octanol–water partition coefficient (Wildman–Crippen LogP) is 3.08. The Morgan fingerprint density at radius 3 is 2.67 bits per heavy atom. The molecule has 0 bridgehead atoms. The number of H-pyrrole nitrogens is 1. The third-order valence-corrected chi connectivity index (χ3v) is 2.94. The molecule has 1 aromatic carbocycles. The van der Waals surface area contributed by atoms with Crippen molar-refractivity contribution in [3.05, 3.63) is 52.6 Å². The molecule has 0 amide bonds. The van der Waals surface area contributed by atoms with Gasteiger partial charge in [-0.05, 0) is 30.0 Å². The van der Waals surface area contributed by atoms with Gasteiger partial charge in [0.25, 0.3) is 5.56 Å². The maximum Gasteiger partial charge on any atom is 0.254 e. The Morgan fingerprint density at radius 1 is 1.33 bits per heavy atom. The Morgan fingerprint density at radius 2 is 2.06 bits per heavy atom. The van der Waals surface area contributed by atoms with Gasteiger partial charge in [-0.25, -0.2) is 4.98 Å². The fourth-order valence-corrected chi connectivity index (χ4v) is 1.63. The Labute approximate surface area is 106 Å². The minimum absolute atomic E-state index is 0.226. The molecule has 4 nitrogen and oxygen atoms in total. The summed E-state index contributed by atoms with van der Waals surface area (Å²) in [5.74, 6) is 1.52. The highest BCUT2D eigenvalue weighted by molar-refractivity contribution is 5.31. The van der Waals surface area contributed by atoms with E-state index in [4.69, 9.17) is 4.74 Å². The number of nitrogens with zero attached hydrogens (tertiary/aromatic N) is 1. The van der Waals surface area contributed by atoms with Crippen LogP contribution in [-0.2, 0) is 0 Å². The van der Waals surface area contributed by atoms with Gasteiger partial charge in [0.15, 0.2) is 0 Å². The summed E-state index contributed by atoms with van der Waals surface area (Å²) in [6, 6.07) is 9.19. The quantitative estimate of drug-likeness (QED) is 0.899. The summed E-state index contributed by atoms with van der Waals surface area (Å²) in [5, 5.41) is 0. The molecule has 1 unspecified atom stereocenters. The highest BCUT2D eigenvalue weighted by Gasteiger charge is 2.04. The Bertz CT molecular complexity index is 561. The minimum Gasteiger partial charge on any atom is -0.439 e. The maximum absolute atomic E-state index is 11.1. The standard InChI is InChI=1S/C14H16N2O2/c1-3-10(2)11-4-6-12(7-5-11)18-14-8-13(17)15-9-16-14/h4-10H,3H2,1-2H3,(H,15,16,17). The lowest BCUT2D eigenvalue weighted by Crippen LogP contribution is -2.04. The Kier molecular flexibility index (Phi) is 3.77. The van der Waals surface area contributed by atoms with Crippen LogP contribution >= 0.6 is 0 Å². The maximum atomic E-state index is 11.1. The Balaban J connectivity index is 2.13. The van der Waals surface area contributed by atoms with Crippen molar-refractivity contribution in [1.82, 2.24) is 9.97 Å². The molecule has 0 aliphatic heterocycles. The molecule has 0 saturated heterocycles. The topological polar surface area (TPSA) is 55.0 Å². The van der Waals surface area contributed by atoms with Crippen LogP contribution in [0.1, 0.15) is 31.7 Å². The third kappa shape index (κ3) is 2.97. The molecular formula is C14H16N2O2. The average molecular weight is 244 g/mol. The lowest BCUT2D eigenvalue weighted by atomic mass is 9.99. The molecular weight excluding hydrogens is 228 g/mol. The van der Waals surface area contributed by atoms with Gasteiger partial charge < -0.3 is 9.72 Å². The summed E-state index contributed by atoms with van der Waals surface area (Å²) >= 11 is 0. The van der Waals surface area contributed by atoms with E-state index in [2.05, 4.69) is 23.8 Å². The van der Waals surface area contributed by atoms with E-state index in [1.165, 1.54) is 18.0 Å². The summed E-state index contributed by atoms with van der Waals surface area (Å²) in [6.45, 7) is 4.35. The number of aromatic amines is 1. The largest absolute Gasteiger partial charge is 0.439 e. The summed E-state index contributed by atoms with van der Waals surface area (Å²) < 4.78 is 5.50. The van der Waals surface area contributed by atoms with Gasteiger partial charge >= 0.3 is 0 Å². The molecule has 1 heterocycles. The van der Waals surface area contributed by atoms with E-state index < -0.39 is 0 Å². The number of benzene rings is 1. The van der Waals surface area contributed by atoms with Crippen molar-refractivity contribution in [3.8, 4) is 11.6 Å². The van der Waals surface area contributed by atoms with Crippen molar-refractivity contribution in [1.29, 1.82) is 0 Å². The van der Waals surface area contributed by atoms with Crippen molar-refractivity contribution in [3.63, 3.8) is 0 Å². The van der Waals surface area contributed by atoms with E-state index in [1.807, 2.05) is 24.3 Å². The second-order valence-corrected chi connectivity index (χ2v) is 4.23. The SMILES string of the molecule is CCC(C)c1ccc(Oc2cc(=O)[nH]cn2)cc1. The van der Waals surface area contributed by atoms with Crippen LogP contribution in [0.5, 0.6) is 11.6 Å². The molecule has 1 aromatic heterocycles. The van der Waals surface area contributed by atoms with Crippen molar-refractivity contribution in [2.24, 2.45) is 0 Å². The summed E-state index contributed by atoms with van der Waals surface area (Å²) in [7, 11) is 0. The fraction of sp³-hybridized carbons (Fsp3) is 0.286. The molecule has 94 valence electrons. The van der Waals surface area contributed by atoms with E-state index >= 15 is 0 Å². The summed E-state index contributed by atoms with van der Waals surface area (Å²) in [4.78, 5) is 17.5. The zero-order chi connectivity index (χ0) is 13.0. The van der Waals surface area contributed by atoms with Gasteiger partial charge in [0.1, 0.15) is 5.75 Å². The van der Waals surface area contributed by atoms with Gasteiger partial charge in [-0.3, -0.25) is 4.79 Å². The first-order valence-corrected chi connectivity index (χ1v) is 6.01.